The number of azide groups is 1. The Morgan fingerprint density at radius 2 is 2.07 bits per heavy atom. The lowest BCUT2D eigenvalue weighted by Gasteiger charge is -2.47. The van der Waals surface area contributed by atoms with Gasteiger partial charge in [-0.05, 0) is 55.6 Å². The van der Waals surface area contributed by atoms with E-state index in [2.05, 4.69) is 40.9 Å². The van der Waals surface area contributed by atoms with Crippen molar-refractivity contribution in [3.63, 3.8) is 0 Å². The van der Waals surface area contributed by atoms with E-state index in [0.29, 0.717) is 30.8 Å². The highest BCUT2D eigenvalue weighted by atomic mass is 16.6. The highest BCUT2D eigenvalue weighted by Crippen LogP contribution is 2.55. The summed E-state index contributed by atoms with van der Waals surface area (Å²) >= 11 is 0. The van der Waals surface area contributed by atoms with Crippen molar-refractivity contribution in [3.8, 4) is 5.75 Å². The normalized spacial score (nSPS) is 20.6. The van der Waals surface area contributed by atoms with Crippen molar-refractivity contribution in [3.05, 3.63) is 80.2 Å². The molecule has 1 spiro atoms. The van der Waals surface area contributed by atoms with Gasteiger partial charge in [-0.3, -0.25) is 10.1 Å². The van der Waals surface area contributed by atoms with Crippen molar-refractivity contribution < 1.29 is 9.66 Å². The molecule has 0 amide bonds. The SMILES string of the molecule is CC1(C)c2ccccc2N(CCCN=[N+]=[N-])C12C=Cc1cc([N+](=O)[O-])ccc1O2. The molecule has 0 N–H and O–H groups in total. The molecule has 2 aliphatic rings. The maximum absolute atomic E-state index is 11.1. The second kappa shape index (κ2) is 6.83. The summed E-state index contributed by atoms with van der Waals surface area (Å²) in [5.41, 5.74) is 10.4. The third-order valence-electron chi connectivity index (χ3n) is 5.83. The molecule has 4 rings (SSSR count). The Kier molecular flexibility index (Phi) is 4.43. The van der Waals surface area contributed by atoms with Gasteiger partial charge in [-0.25, -0.2) is 0 Å². The standard InChI is InChI=1S/C21H21N5O3/c1-20(2)17-6-3-4-7-18(17)25(13-5-12-23-24-22)21(20)11-10-15-14-16(26(27)28)8-9-19(15)29-21/h3-4,6-11,14H,5,12-13H2,1-2H3. The first kappa shape index (κ1) is 18.8. The highest BCUT2D eigenvalue weighted by molar-refractivity contribution is 5.73. The number of benzene rings is 2. The van der Waals surface area contributed by atoms with Gasteiger partial charge in [0.1, 0.15) is 5.75 Å². The molecular formula is C21H21N5O3. The average Bonchev–Trinajstić information content (AvgIpc) is 2.89. The maximum Gasteiger partial charge on any atom is 0.270 e. The van der Waals surface area contributed by atoms with E-state index in [1.165, 1.54) is 17.7 Å². The molecule has 0 aliphatic carbocycles. The van der Waals surface area contributed by atoms with Crippen LogP contribution in [-0.4, -0.2) is 23.7 Å². The molecule has 2 aliphatic heterocycles. The molecule has 0 saturated carbocycles. The van der Waals surface area contributed by atoms with Gasteiger partial charge in [0.15, 0.2) is 0 Å². The zero-order valence-corrected chi connectivity index (χ0v) is 16.3. The minimum atomic E-state index is -0.782. The van der Waals surface area contributed by atoms with Gasteiger partial charge in [-0.1, -0.05) is 23.3 Å². The molecule has 0 aromatic heterocycles. The molecule has 0 radical (unpaired) electrons. The molecule has 2 heterocycles. The second-order valence-corrected chi connectivity index (χ2v) is 7.71. The van der Waals surface area contributed by atoms with Crippen molar-refractivity contribution in [1.29, 1.82) is 0 Å². The highest BCUT2D eigenvalue weighted by Gasteiger charge is 2.58. The molecule has 0 saturated heterocycles. The molecule has 8 nitrogen and oxygen atoms in total. The zero-order valence-electron chi connectivity index (χ0n) is 16.3. The van der Waals surface area contributed by atoms with Crippen LogP contribution in [0.15, 0.2) is 53.7 Å². The van der Waals surface area contributed by atoms with Crippen LogP contribution in [0.1, 0.15) is 31.4 Å². The minimum absolute atomic E-state index is 0.0353. The molecule has 2 aromatic rings. The Bertz CT molecular complexity index is 1060. The summed E-state index contributed by atoms with van der Waals surface area (Å²) in [7, 11) is 0. The van der Waals surface area contributed by atoms with Crippen LogP contribution in [0.3, 0.4) is 0 Å². The molecule has 2 aromatic carbocycles. The summed E-state index contributed by atoms with van der Waals surface area (Å²) in [6.45, 7) is 5.32. The van der Waals surface area contributed by atoms with Gasteiger partial charge in [0.2, 0.25) is 5.72 Å². The molecule has 0 bridgehead atoms. The Hall–Kier alpha value is -3.51. The van der Waals surface area contributed by atoms with Crippen LogP contribution in [0, 0.1) is 10.1 Å². The first-order valence-electron chi connectivity index (χ1n) is 9.45. The van der Waals surface area contributed by atoms with Crippen molar-refractivity contribution in [1.82, 2.24) is 0 Å². The van der Waals surface area contributed by atoms with Crippen LogP contribution in [0.2, 0.25) is 0 Å². The number of hydrogen-bond donors (Lipinski definition) is 0. The van der Waals surface area contributed by atoms with Gasteiger partial charge >= 0.3 is 0 Å². The van der Waals surface area contributed by atoms with Gasteiger partial charge in [0, 0.05) is 41.4 Å². The summed E-state index contributed by atoms with van der Waals surface area (Å²) in [5, 5.41) is 14.8. The van der Waals surface area contributed by atoms with Crippen LogP contribution in [-0.2, 0) is 5.41 Å². The Morgan fingerprint density at radius 1 is 1.28 bits per heavy atom. The van der Waals surface area contributed by atoms with E-state index in [9.17, 15) is 10.1 Å². The van der Waals surface area contributed by atoms with E-state index in [4.69, 9.17) is 10.3 Å². The first-order chi connectivity index (χ1) is 13.9. The molecule has 0 fully saturated rings. The molecule has 1 unspecified atom stereocenters. The third kappa shape index (κ3) is 2.80. The third-order valence-corrected chi connectivity index (χ3v) is 5.83. The van der Waals surface area contributed by atoms with Crippen LogP contribution in [0.4, 0.5) is 11.4 Å². The average molecular weight is 391 g/mol. The van der Waals surface area contributed by atoms with E-state index < -0.39 is 10.6 Å². The summed E-state index contributed by atoms with van der Waals surface area (Å²) < 4.78 is 6.60. The number of ether oxygens (including phenoxy) is 1. The lowest BCUT2D eigenvalue weighted by atomic mass is 9.76. The smallest absolute Gasteiger partial charge is 0.270 e. The van der Waals surface area contributed by atoms with Gasteiger partial charge in [-0.2, -0.15) is 0 Å². The fraction of sp³-hybridized carbons (Fsp3) is 0.333. The van der Waals surface area contributed by atoms with E-state index in [-0.39, 0.29) is 11.1 Å². The quantitative estimate of drug-likeness (QED) is 0.174. The maximum atomic E-state index is 11.1. The summed E-state index contributed by atoms with van der Waals surface area (Å²) in [6.07, 6.45) is 4.58. The van der Waals surface area contributed by atoms with Crippen molar-refractivity contribution in [2.45, 2.75) is 31.4 Å². The van der Waals surface area contributed by atoms with E-state index in [1.54, 1.807) is 6.07 Å². The molecule has 1 atom stereocenters. The van der Waals surface area contributed by atoms with Crippen molar-refractivity contribution >= 4 is 17.5 Å². The topological polar surface area (TPSA) is 104 Å². The fourth-order valence-electron chi connectivity index (χ4n) is 4.34. The van der Waals surface area contributed by atoms with Gasteiger partial charge in [-0.15, -0.1) is 0 Å². The largest absolute Gasteiger partial charge is 0.463 e. The number of anilines is 1. The van der Waals surface area contributed by atoms with Gasteiger partial charge < -0.3 is 9.64 Å². The predicted octanol–water partition coefficient (Wildman–Crippen LogP) is 5.19. The van der Waals surface area contributed by atoms with E-state index in [0.717, 1.165) is 5.69 Å². The molecule has 29 heavy (non-hydrogen) atoms. The van der Waals surface area contributed by atoms with Crippen molar-refractivity contribution in [2.75, 3.05) is 18.0 Å². The Morgan fingerprint density at radius 3 is 2.83 bits per heavy atom. The summed E-state index contributed by atoms with van der Waals surface area (Å²) in [4.78, 5) is 15.7. The summed E-state index contributed by atoms with van der Waals surface area (Å²) in [6, 6.07) is 12.8. The lowest BCUT2D eigenvalue weighted by molar-refractivity contribution is -0.384. The molecule has 148 valence electrons. The van der Waals surface area contributed by atoms with Crippen LogP contribution in [0.25, 0.3) is 16.5 Å². The molecule has 8 heteroatoms. The number of nitrogens with zero attached hydrogens (tertiary/aromatic N) is 5. The van der Waals surface area contributed by atoms with Crippen molar-refractivity contribution in [2.24, 2.45) is 5.11 Å². The van der Waals surface area contributed by atoms with Crippen LogP contribution < -0.4 is 9.64 Å². The molecular weight excluding hydrogens is 370 g/mol. The van der Waals surface area contributed by atoms with E-state index in [1.807, 2.05) is 24.3 Å². The number of para-hydroxylation sites is 1. The Balaban J connectivity index is 1.78. The first-order valence-corrected chi connectivity index (χ1v) is 9.45. The van der Waals surface area contributed by atoms with Crippen LogP contribution in [0.5, 0.6) is 5.75 Å². The number of non-ortho nitro benzene ring substituents is 1. The minimum Gasteiger partial charge on any atom is -0.463 e. The van der Waals surface area contributed by atoms with Gasteiger partial charge in [0.05, 0.1) is 10.3 Å². The number of fused-ring (bicyclic) bond motifs is 2. The Labute approximate surface area is 168 Å². The zero-order chi connectivity index (χ0) is 20.6. The monoisotopic (exact) mass is 391 g/mol. The number of hydrogen-bond acceptors (Lipinski definition) is 5. The van der Waals surface area contributed by atoms with Crippen LogP contribution >= 0.6 is 0 Å². The van der Waals surface area contributed by atoms with E-state index >= 15 is 0 Å². The van der Waals surface area contributed by atoms with Gasteiger partial charge in [0.25, 0.3) is 5.69 Å². The number of nitro groups is 1. The lowest BCUT2D eigenvalue weighted by Crippen LogP contribution is -2.59. The predicted molar refractivity (Wildman–Crippen MR) is 111 cm³/mol. The number of nitro benzene ring substituents is 1. The fourth-order valence-corrected chi connectivity index (χ4v) is 4.34. The summed E-state index contributed by atoms with van der Waals surface area (Å²) in [5.74, 6) is 0.610. The second-order valence-electron chi connectivity index (χ2n) is 7.71. The number of rotatable bonds is 5.